The fourth-order valence-electron chi connectivity index (χ4n) is 3.02. The van der Waals surface area contributed by atoms with Crippen LogP contribution in [0.25, 0.3) is 5.69 Å². The van der Waals surface area contributed by atoms with Crippen LogP contribution in [0.2, 0.25) is 0 Å². The fourth-order valence-corrected chi connectivity index (χ4v) is 4.13. The average molecular weight is 319 g/mol. The molecule has 1 aliphatic rings. The molecule has 1 atom stereocenters. The molecule has 0 spiro atoms. The third kappa shape index (κ3) is 3.36. The highest BCUT2D eigenvalue weighted by Gasteiger charge is 2.19. The Kier molecular flexibility index (Phi) is 4.84. The molecule has 1 fully saturated rings. The lowest BCUT2D eigenvalue weighted by Crippen LogP contribution is -2.34. The maximum atomic E-state index is 13.4. The van der Waals surface area contributed by atoms with E-state index in [1.165, 1.54) is 42.0 Å². The molecule has 2 heterocycles. The van der Waals surface area contributed by atoms with Crippen molar-refractivity contribution in [2.24, 2.45) is 0 Å². The summed E-state index contributed by atoms with van der Waals surface area (Å²) in [5.41, 5.74) is 3.02. The monoisotopic (exact) mass is 319 g/mol. The maximum Gasteiger partial charge on any atom is 0.125 e. The first kappa shape index (κ1) is 15.6. The Bertz CT molecular complexity index is 635. The van der Waals surface area contributed by atoms with Crippen LogP contribution >= 0.6 is 11.8 Å². The molecule has 1 aromatic carbocycles. The van der Waals surface area contributed by atoms with Gasteiger partial charge in [0.1, 0.15) is 5.82 Å². The molecule has 3 rings (SSSR count). The van der Waals surface area contributed by atoms with Gasteiger partial charge in [0.05, 0.1) is 11.9 Å². The van der Waals surface area contributed by atoms with Crippen LogP contribution in [-0.4, -0.2) is 27.3 Å². The van der Waals surface area contributed by atoms with Crippen molar-refractivity contribution in [1.29, 1.82) is 0 Å². The van der Waals surface area contributed by atoms with E-state index in [4.69, 9.17) is 0 Å². The van der Waals surface area contributed by atoms with Crippen LogP contribution in [0, 0.1) is 12.7 Å². The Hall–Kier alpha value is -1.33. The highest BCUT2D eigenvalue weighted by Crippen LogP contribution is 2.24. The lowest BCUT2D eigenvalue weighted by Gasteiger charge is -2.26. The molecule has 2 aromatic rings. The summed E-state index contributed by atoms with van der Waals surface area (Å²) in [6.45, 7) is 4.23. The molecule has 22 heavy (non-hydrogen) atoms. The first-order valence-electron chi connectivity index (χ1n) is 7.79. The number of thioether (sulfide) groups is 1. The summed E-state index contributed by atoms with van der Waals surface area (Å²) in [5.74, 6) is 2.25. The fraction of sp³-hybridized carbons (Fsp3) is 0.471. The van der Waals surface area contributed by atoms with Crippen LogP contribution < -0.4 is 5.32 Å². The molecule has 1 aliphatic heterocycles. The summed E-state index contributed by atoms with van der Waals surface area (Å²) < 4.78 is 15.2. The molecule has 0 bridgehead atoms. The van der Waals surface area contributed by atoms with Gasteiger partial charge in [-0.25, -0.2) is 9.07 Å². The molecule has 0 saturated carbocycles. The Morgan fingerprint density at radius 2 is 2.14 bits per heavy atom. The predicted molar refractivity (Wildman–Crippen MR) is 90.2 cm³/mol. The quantitative estimate of drug-likeness (QED) is 0.928. The molecule has 0 amide bonds. The summed E-state index contributed by atoms with van der Waals surface area (Å²) >= 11 is 2.04. The van der Waals surface area contributed by atoms with Crippen molar-refractivity contribution in [2.45, 2.75) is 38.8 Å². The topological polar surface area (TPSA) is 29.9 Å². The van der Waals surface area contributed by atoms with E-state index in [1.807, 2.05) is 35.6 Å². The Balaban J connectivity index is 1.77. The predicted octanol–water partition coefficient (Wildman–Crippen LogP) is 3.87. The zero-order valence-corrected chi connectivity index (χ0v) is 13.9. The van der Waals surface area contributed by atoms with E-state index in [1.54, 1.807) is 6.07 Å². The highest BCUT2D eigenvalue weighted by atomic mass is 32.2. The number of hydrogen-bond acceptors (Lipinski definition) is 3. The zero-order valence-electron chi connectivity index (χ0n) is 13.1. The van der Waals surface area contributed by atoms with Gasteiger partial charge in [0, 0.05) is 23.3 Å². The van der Waals surface area contributed by atoms with Gasteiger partial charge in [-0.05, 0) is 56.4 Å². The van der Waals surface area contributed by atoms with E-state index in [0.717, 1.165) is 11.4 Å². The summed E-state index contributed by atoms with van der Waals surface area (Å²) in [6, 6.07) is 7.41. The van der Waals surface area contributed by atoms with Crippen molar-refractivity contribution < 1.29 is 4.39 Å². The average Bonchev–Trinajstić information content (AvgIpc) is 2.90. The normalized spacial score (nSPS) is 17.6. The van der Waals surface area contributed by atoms with E-state index < -0.39 is 0 Å². The second-order valence-electron chi connectivity index (χ2n) is 5.85. The number of halogens is 1. The van der Waals surface area contributed by atoms with E-state index >= 15 is 0 Å². The van der Waals surface area contributed by atoms with Gasteiger partial charge in [0.25, 0.3) is 0 Å². The van der Waals surface area contributed by atoms with Gasteiger partial charge in [0.15, 0.2) is 0 Å². The summed E-state index contributed by atoms with van der Waals surface area (Å²) in [6.07, 6.45) is 4.35. The van der Waals surface area contributed by atoms with Crippen LogP contribution in [0.15, 0.2) is 30.5 Å². The van der Waals surface area contributed by atoms with Crippen molar-refractivity contribution in [3.05, 3.63) is 47.5 Å². The number of nitrogens with zero attached hydrogens (tertiary/aromatic N) is 2. The lowest BCUT2D eigenvalue weighted by atomic mass is 10.1. The minimum Gasteiger partial charge on any atom is -0.307 e. The van der Waals surface area contributed by atoms with Crippen LogP contribution in [-0.2, 0) is 0 Å². The first-order valence-corrected chi connectivity index (χ1v) is 8.95. The van der Waals surface area contributed by atoms with E-state index in [2.05, 4.69) is 17.3 Å². The van der Waals surface area contributed by atoms with Crippen LogP contribution in [0.3, 0.4) is 0 Å². The summed E-state index contributed by atoms with van der Waals surface area (Å²) in [5, 5.41) is 8.16. The van der Waals surface area contributed by atoms with Crippen molar-refractivity contribution in [1.82, 2.24) is 15.1 Å². The third-order valence-electron chi connectivity index (χ3n) is 4.27. The third-order valence-corrected chi connectivity index (χ3v) is 5.32. The Morgan fingerprint density at radius 1 is 1.36 bits per heavy atom. The van der Waals surface area contributed by atoms with Gasteiger partial charge < -0.3 is 5.32 Å². The van der Waals surface area contributed by atoms with Crippen molar-refractivity contribution in [2.75, 3.05) is 11.5 Å². The summed E-state index contributed by atoms with van der Waals surface area (Å²) in [7, 11) is 0. The molecule has 118 valence electrons. The van der Waals surface area contributed by atoms with E-state index in [-0.39, 0.29) is 11.9 Å². The second-order valence-corrected chi connectivity index (χ2v) is 7.08. The minimum absolute atomic E-state index is 0.236. The molecular formula is C17H22FN3S. The molecule has 0 radical (unpaired) electrons. The van der Waals surface area contributed by atoms with Crippen molar-refractivity contribution in [3.8, 4) is 5.69 Å². The minimum atomic E-state index is -0.236. The van der Waals surface area contributed by atoms with Crippen molar-refractivity contribution in [3.63, 3.8) is 0 Å². The number of nitrogens with one attached hydrogen (secondary N) is 1. The largest absolute Gasteiger partial charge is 0.307 e. The van der Waals surface area contributed by atoms with Crippen molar-refractivity contribution >= 4 is 11.8 Å². The molecule has 1 aromatic heterocycles. The second kappa shape index (κ2) is 6.84. The summed E-state index contributed by atoms with van der Waals surface area (Å²) in [4.78, 5) is 0. The maximum absolute atomic E-state index is 13.4. The van der Waals surface area contributed by atoms with Gasteiger partial charge in [-0.2, -0.15) is 16.9 Å². The van der Waals surface area contributed by atoms with E-state index in [9.17, 15) is 4.39 Å². The zero-order chi connectivity index (χ0) is 15.5. The standard InChI is InChI=1S/C17H22FN3S/c1-12(20-15-6-8-22-9-7-15)17-11-19-21(13(17)2)16-5-3-4-14(18)10-16/h3-5,10-12,15,20H,6-9H2,1-2H3. The number of hydrogen-bond donors (Lipinski definition) is 1. The van der Waals surface area contributed by atoms with Gasteiger partial charge in [-0.3, -0.25) is 0 Å². The molecule has 0 aliphatic carbocycles. The number of aromatic nitrogens is 2. The Labute approximate surface area is 135 Å². The van der Waals surface area contributed by atoms with Gasteiger partial charge in [-0.1, -0.05) is 6.07 Å². The van der Waals surface area contributed by atoms with Crippen LogP contribution in [0.5, 0.6) is 0 Å². The molecule has 1 saturated heterocycles. The Morgan fingerprint density at radius 3 is 2.86 bits per heavy atom. The van der Waals surface area contributed by atoms with Gasteiger partial charge in [-0.15, -0.1) is 0 Å². The molecule has 1 unspecified atom stereocenters. The van der Waals surface area contributed by atoms with Gasteiger partial charge in [0.2, 0.25) is 0 Å². The number of rotatable bonds is 4. The molecular weight excluding hydrogens is 297 g/mol. The molecule has 1 N–H and O–H groups in total. The van der Waals surface area contributed by atoms with Gasteiger partial charge >= 0.3 is 0 Å². The van der Waals surface area contributed by atoms with Crippen LogP contribution in [0.4, 0.5) is 4.39 Å². The smallest absolute Gasteiger partial charge is 0.125 e. The first-order chi connectivity index (χ1) is 10.6. The van der Waals surface area contributed by atoms with Crippen LogP contribution in [0.1, 0.15) is 37.1 Å². The molecule has 5 heteroatoms. The SMILES string of the molecule is Cc1c(C(C)NC2CCSCC2)cnn1-c1cccc(F)c1. The highest BCUT2D eigenvalue weighted by molar-refractivity contribution is 7.99. The lowest BCUT2D eigenvalue weighted by molar-refractivity contribution is 0.430. The molecule has 3 nitrogen and oxygen atoms in total. The van der Waals surface area contributed by atoms with E-state index in [0.29, 0.717) is 6.04 Å². The number of benzene rings is 1.